The standard InChI is InChI=1S/2C22H25N5O4S/c2*1-14-10-17-18(20(28)24-12-16-6-4-15(11-23)5-7-16)25-26(2)19(17)21(29)27(14)13-22(8-9-22)32(3,30)31/h2*4-7,14H,8-10,12-13H2,1-3H3,(H,24,28). The smallest absolute Gasteiger partial charge is 0.272 e. The minimum atomic E-state index is -3.27. The minimum absolute atomic E-state index is 0.163. The maximum atomic E-state index is 13.3. The van der Waals surface area contributed by atoms with Crippen LogP contribution in [0.3, 0.4) is 0 Å². The van der Waals surface area contributed by atoms with Crippen LogP contribution in [-0.4, -0.2) is 117 Å². The van der Waals surface area contributed by atoms with Gasteiger partial charge >= 0.3 is 0 Å². The van der Waals surface area contributed by atoms with Crippen LogP contribution in [0.4, 0.5) is 0 Å². The lowest BCUT2D eigenvalue weighted by Gasteiger charge is -2.35. The monoisotopic (exact) mass is 910 g/mol. The minimum Gasteiger partial charge on any atom is -0.347 e. The van der Waals surface area contributed by atoms with Crippen molar-refractivity contribution >= 4 is 43.3 Å². The van der Waals surface area contributed by atoms with E-state index in [1.165, 1.54) is 21.9 Å². The molecule has 2 N–H and O–H groups in total. The maximum absolute atomic E-state index is 13.3. The third-order valence-electron chi connectivity index (χ3n) is 12.9. The lowest BCUT2D eigenvalue weighted by Crippen LogP contribution is -2.50. The Kier molecular flexibility index (Phi) is 12.1. The topological polar surface area (TPSA) is 250 Å². The molecule has 2 saturated carbocycles. The van der Waals surface area contributed by atoms with Gasteiger partial charge in [0.1, 0.15) is 11.4 Å². The molecule has 4 amide bonds. The third kappa shape index (κ3) is 8.76. The molecule has 2 aromatic carbocycles. The predicted octanol–water partition coefficient (Wildman–Crippen LogP) is 2.37. The summed E-state index contributed by atoms with van der Waals surface area (Å²) in [5.74, 6) is -1.35. The van der Waals surface area contributed by atoms with E-state index >= 15 is 0 Å². The van der Waals surface area contributed by atoms with Crippen LogP contribution in [0.1, 0.15) is 115 Å². The summed E-state index contributed by atoms with van der Waals surface area (Å²) in [6, 6.07) is 17.4. The van der Waals surface area contributed by atoms with Crippen molar-refractivity contribution in [3.8, 4) is 12.1 Å². The first-order valence-electron chi connectivity index (χ1n) is 20.8. The summed E-state index contributed by atoms with van der Waals surface area (Å²) in [6.45, 7) is 4.59. The van der Waals surface area contributed by atoms with Crippen molar-refractivity contribution in [2.24, 2.45) is 14.1 Å². The van der Waals surface area contributed by atoms with E-state index in [2.05, 4.69) is 33.0 Å². The number of hydrogen-bond donors (Lipinski definition) is 2. The van der Waals surface area contributed by atoms with E-state index in [1.807, 2.05) is 13.8 Å². The number of nitrogens with one attached hydrogen (secondary N) is 2. The van der Waals surface area contributed by atoms with Crippen molar-refractivity contribution < 1.29 is 36.0 Å². The Morgan fingerprint density at radius 2 is 0.984 bits per heavy atom. The molecule has 4 heterocycles. The summed E-state index contributed by atoms with van der Waals surface area (Å²) in [5.41, 5.74) is 5.01. The van der Waals surface area contributed by atoms with Crippen LogP contribution in [0.25, 0.3) is 0 Å². The number of rotatable bonds is 12. The van der Waals surface area contributed by atoms with Gasteiger partial charge in [-0.25, -0.2) is 16.8 Å². The fourth-order valence-electron chi connectivity index (χ4n) is 8.48. The van der Waals surface area contributed by atoms with Crippen LogP contribution in [0, 0.1) is 22.7 Å². The molecule has 2 aromatic heterocycles. The number of aromatic nitrogens is 4. The lowest BCUT2D eigenvalue weighted by molar-refractivity contribution is 0.0641. The highest BCUT2D eigenvalue weighted by Gasteiger charge is 2.56. The molecule has 2 unspecified atom stereocenters. The lowest BCUT2D eigenvalue weighted by atomic mass is 9.96. The number of amides is 4. The van der Waals surface area contributed by atoms with Crippen molar-refractivity contribution in [1.82, 2.24) is 40.0 Å². The molecule has 18 nitrogen and oxygen atoms in total. The Morgan fingerprint density at radius 1 is 0.656 bits per heavy atom. The number of sulfone groups is 2. The first-order valence-corrected chi connectivity index (χ1v) is 24.6. The van der Waals surface area contributed by atoms with Gasteiger partial charge in [-0.3, -0.25) is 28.5 Å². The van der Waals surface area contributed by atoms with Gasteiger partial charge in [-0.2, -0.15) is 20.7 Å². The second-order valence-electron chi connectivity index (χ2n) is 17.5. The summed E-state index contributed by atoms with van der Waals surface area (Å²) in [4.78, 5) is 55.4. The second kappa shape index (κ2) is 17.0. The van der Waals surface area contributed by atoms with Crippen molar-refractivity contribution in [1.29, 1.82) is 10.5 Å². The molecule has 336 valence electrons. The average molecular weight is 911 g/mol. The van der Waals surface area contributed by atoms with E-state index in [4.69, 9.17) is 10.5 Å². The molecule has 0 spiro atoms. The fourth-order valence-corrected chi connectivity index (χ4v) is 10.9. The average Bonchev–Trinajstić information content (AvgIpc) is 4.17. The fraction of sp³-hybridized carbons (Fsp3) is 0.455. The summed E-state index contributed by atoms with van der Waals surface area (Å²) < 4.78 is 49.9. The first-order chi connectivity index (χ1) is 30.1. The van der Waals surface area contributed by atoms with Crippen molar-refractivity contribution in [2.45, 2.75) is 87.0 Å². The molecule has 8 rings (SSSR count). The van der Waals surface area contributed by atoms with E-state index in [0.29, 0.717) is 72.2 Å². The van der Waals surface area contributed by atoms with Gasteiger partial charge in [-0.05, 0) is 87.8 Å². The Labute approximate surface area is 372 Å². The van der Waals surface area contributed by atoms with E-state index in [-0.39, 0.29) is 73.3 Å². The van der Waals surface area contributed by atoms with Crippen molar-refractivity contribution in [2.75, 3.05) is 25.6 Å². The highest BCUT2D eigenvalue weighted by atomic mass is 32.2. The van der Waals surface area contributed by atoms with Gasteiger partial charge in [-0.1, -0.05) is 24.3 Å². The van der Waals surface area contributed by atoms with Crippen molar-refractivity contribution in [3.63, 3.8) is 0 Å². The molecule has 2 fully saturated rings. The number of nitriles is 2. The zero-order valence-electron chi connectivity index (χ0n) is 36.5. The molecule has 0 radical (unpaired) electrons. The zero-order valence-corrected chi connectivity index (χ0v) is 38.1. The normalized spacial score (nSPS) is 19.2. The Morgan fingerprint density at radius 3 is 1.27 bits per heavy atom. The highest BCUT2D eigenvalue weighted by Crippen LogP contribution is 2.46. The van der Waals surface area contributed by atoms with Gasteiger partial charge in [0.05, 0.1) is 32.8 Å². The molecule has 2 aliphatic carbocycles. The molecule has 2 aliphatic heterocycles. The molecule has 4 aliphatic rings. The Hall–Kier alpha value is -6.38. The number of hydrogen-bond acceptors (Lipinski definition) is 12. The summed E-state index contributed by atoms with van der Waals surface area (Å²) in [6.07, 6.45) is 5.54. The SMILES string of the molecule is CC1Cc2c(C(=O)NCc3ccc(C#N)cc3)nn(C)c2C(=O)N1CC1(S(C)(=O)=O)CC1.CC1Cc2c(C(=O)NCc3ccc(C#N)cc3)nn(C)c2C(=O)N1CC1(S(C)(=O)=O)CC1. The molecular formula is C44H50N10O8S2. The highest BCUT2D eigenvalue weighted by molar-refractivity contribution is 7.92. The summed E-state index contributed by atoms with van der Waals surface area (Å²) in [5, 5.41) is 32.0. The van der Waals surface area contributed by atoms with Crippen LogP contribution in [-0.2, 0) is 59.7 Å². The number of carbonyl (C=O) groups excluding carboxylic acids is 4. The zero-order chi connectivity index (χ0) is 46.5. The molecule has 4 aromatic rings. The number of benzene rings is 2. The van der Waals surface area contributed by atoms with Gasteiger partial charge in [0.2, 0.25) is 0 Å². The number of nitrogens with zero attached hydrogens (tertiary/aromatic N) is 8. The van der Waals surface area contributed by atoms with E-state index in [9.17, 15) is 36.0 Å². The van der Waals surface area contributed by atoms with Gasteiger partial charge in [0.15, 0.2) is 31.1 Å². The maximum Gasteiger partial charge on any atom is 0.272 e. The molecule has 0 bridgehead atoms. The van der Waals surface area contributed by atoms with Crippen LogP contribution in [0.2, 0.25) is 0 Å². The van der Waals surface area contributed by atoms with Crippen LogP contribution >= 0.6 is 0 Å². The van der Waals surface area contributed by atoms with Gasteiger partial charge in [-0.15, -0.1) is 0 Å². The van der Waals surface area contributed by atoms with E-state index in [1.54, 1.807) is 72.4 Å². The quantitative estimate of drug-likeness (QED) is 0.208. The van der Waals surface area contributed by atoms with Crippen LogP contribution in [0.15, 0.2) is 48.5 Å². The van der Waals surface area contributed by atoms with Gasteiger partial charge in [0.25, 0.3) is 23.6 Å². The second-order valence-corrected chi connectivity index (χ2v) is 22.3. The summed E-state index contributed by atoms with van der Waals surface area (Å²) in [7, 11) is -3.31. The number of fused-ring (bicyclic) bond motifs is 2. The number of carbonyl (C=O) groups is 4. The molecular weight excluding hydrogens is 861 g/mol. The largest absolute Gasteiger partial charge is 0.347 e. The molecule has 64 heavy (non-hydrogen) atoms. The van der Waals surface area contributed by atoms with E-state index < -0.39 is 29.2 Å². The molecule has 20 heteroatoms. The van der Waals surface area contributed by atoms with Gasteiger partial charge < -0.3 is 20.4 Å². The predicted molar refractivity (Wildman–Crippen MR) is 233 cm³/mol. The Balaban J connectivity index is 0.000000191. The van der Waals surface area contributed by atoms with Crippen molar-refractivity contribution in [3.05, 3.63) is 105 Å². The third-order valence-corrected chi connectivity index (χ3v) is 17.1. The first kappa shape index (κ1) is 45.6. The Bertz CT molecular complexity index is 2670. The van der Waals surface area contributed by atoms with Gasteiger partial charge in [0, 0.05) is 76.0 Å². The van der Waals surface area contributed by atoms with Crippen LogP contribution < -0.4 is 10.6 Å². The molecule has 2 atom stereocenters. The number of aryl methyl sites for hydroxylation is 2. The van der Waals surface area contributed by atoms with E-state index in [0.717, 1.165) is 11.1 Å². The molecule has 0 saturated heterocycles. The van der Waals surface area contributed by atoms with Crippen LogP contribution in [0.5, 0.6) is 0 Å². The summed E-state index contributed by atoms with van der Waals surface area (Å²) >= 11 is 0.